The van der Waals surface area contributed by atoms with Gasteiger partial charge in [0.1, 0.15) is 28.5 Å². The first-order valence-electron chi connectivity index (χ1n) is 12.3. The van der Waals surface area contributed by atoms with E-state index < -0.39 is 22.1 Å². The molecule has 6 rings (SSSR count). The summed E-state index contributed by atoms with van der Waals surface area (Å²) in [6, 6.07) is 15.7. The number of hydrogen-bond acceptors (Lipinski definition) is 7. The molecule has 40 heavy (non-hydrogen) atoms. The molecule has 13 heteroatoms. The minimum atomic E-state index is -4.84. The maximum Gasteiger partial charge on any atom is 0.573 e. The van der Waals surface area contributed by atoms with Crippen LogP contribution in [0.5, 0.6) is 5.75 Å². The SMILES string of the molecule is O=S(=O)(c1ccc(-c2ncn[nH]2)nc1)N(Cc1ccc(OC(F)(F)F)cc1)c1ncc2ccccc2c1C1CC1. The number of sulfonamides is 1. The second-order valence-corrected chi connectivity index (χ2v) is 11.1. The zero-order chi connectivity index (χ0) is 27.9. The minimum absolute atomic E-state index is 0.0792. The molecule has 9 nitrogen and oxygen atoms in total. The highest BCUT2D eigenvalue weighted by atomic mass is 32.2. The van der Waals surface area contributed by atoms with Crippen LogP contribution in [-0.2, 0) is 16.6 Å². The van der Waals surface area contributed by atoms with Gasteiger partial charge in [-0.25, -0.2) is 22.7 Å². The van der Waals surface area contributed by atoms with Crippen LogP contribution in [0.15, 0.2) is 84.3 Å². The van der Waals surface area contributed by atoms with Crippen molar-refractivity contribution in [3.05, 3.63) is 90.5 Å². The Hall–Kier alpha value is -4.52. The van der Waals surface area contributed by atoms with E-state index in [1.54, 1.807) is 6.20 Å². The fourth-order valence-corrected chi connectivity index (χ4v) is 5.89. The zero-order valence-electron chi connectivity index (χ0n) is 20.7. The fourth-order valence-electron chi connectivity index (χ4n) is 4.51. The van der Waals surface area contributed by atoms with Crippen LogP contribution in [-0.4, -0.2) is 39.9 Å². The summed E-state index contributed by atoms with van der Waals surface area (Å²) in [6.07, 6.45) is 1.14. The van der Waals surface area contributed by atoms with Crippen molar-refractivity contribution >= 4 is 26.6 Å². The van der Waals surface area contributed by atoms with Gasteiger partial charge in [-0.1, -0.05) is 36.4 Å². The van der Waals surface area contributed by atoms with Crippen molar-refractivity contribution in [3.63, 3.8) is 0 Å². The zero-order valence-corrected chi connectivity index (χ0v) is 21.5. The molecule has 0 radical (unpaired) electrons. The number of nitrogens with one attached hydrogen (secondary N) is 1. The molecule has 1 N–H and O–H groups in total. The summed E-state index contributed by atoms with van der Waals surface area (Å²) in [7, 11) is -4.22. The number of anilines is 1. The Morgan fingerprint density at radius 2 is 1.73 bits per heavy atom. The second kappa shape index (κ2) is 9.90. The third kappa shape index (κ3) is 5.19. The molecule has 1 aliphatic rings. The number of aromatic amines is 1. The Bertz CT molecular complexity index is 1760. The number of rotatable bonds is 8. The third-order valence-corrected chi connectivity index (χ3v) is 8.22. The normalized spacial score (nSPS) is 13.9. The lowest BCUT2D eigenvalue weighted by Crippen LogP contribution is -2.32. The average molecular weight is 567 g/mol. The van der Waals surface area contributed by atoms with Crippen LogP contribution in [0.25, 0.3) is 22.3 Å². The predicted molar refractivity (Wildman–Crippen MR) is 140 cm³/mol. The number of benzene rings is 2. The number of alkyl halides is 3. The van der Waals surface area contributed by atoms with Crippen LogP contribution in [0.2, 0.25) is 0 Å². The van der Waals surface area contributed by atoms with Gasteiger partial charge in [0.15, 0.2) is 5.82 Å². The number of halogens is 3. The first-order valence-corrected chi connectivity index (χ1v) is 13.7. The molecule has 1 aliphatic carbocycles. The molecule has 5 aromatic rings. The van der Waals surface area contributed by atoms with Crippen molar-refractivity contribution in [1.29, 1.82) is 0 Å². The van der Waals surface area contributed by atoms with Crippen molar-refractivity contribution in [2.45, 2.75) is 36.6 Å². The van der Waals surface area contributed by atoms with E-state index in [4.69, 9.17) is 0 Å². The molecule has 3 aromatic heterocycles. The molecule has 0 bridgehead atoms. The Balaban J connectivity index is 1.44. The molecule has 0 unspecified atom stereocenters. The van der Waals surface area contributed by atoms with Crippen LogP contribution in [0.4, 0.5) is 19.0 Å². The molecule has 0 saturated heterocycles. The van der Waals surface area contributed by atoms with Gasteiger partial charge in [0.2, 0.25) is 0 Å². The molecule has 204 valence electrons. The summed E-state index contributed by atoms with van der Waals surface area (Å²) < 4.78 is 71.4. The van der Waals surface area contributed by atoms with Crippen molar-refractivity contribution < 1.29 is 26.3 Å². The van der Waals surface area contributed by atoms with Gasteiger partial charge < -0.3 is 4.74 Å². The first kappa shape index (κ1) is 25.7. The van der Waals surface area contributed by atoms with Crippen LogP contribution in [0.1, 0.15) is 29.9 Å². The molecular formula is C27H21F3N6O3S. The van der Waals surface area contributed by atoms with Crippen molar-refractivity contribution in [1.82, 2.24) is 25.1 Å². The number of aromatic nitrogens is 5. The lowest BCUT2D eigenvalue weighted by Gasteiger charge is -2.26. The topological polar surface area (TPSA) is 114 Å². The van der Waals surface area contributed by atoms with Crippen LogP contribution in [0, 0.1) is 0 Å². The predicted octanol–water partition coefficient (Wildman–Crippen LogP) is 5.59. The number of ether oxygens (including phenoxy) is 1. The van der Waals surface area contributed by atoms with Crippen LogP contribution in [0.3, 0.4) is 0 Å². The number of H-pyrrole nitrogens is 1. The highest BCUT2D eigenvalue weighted by molar-refractivity contribution is 7.92. The monoisotopic (exact) mass is 566 g/mol. The van der Waals surface area contributed by atoms with Crippen LogP contribution >= 0.6 is 0 Å². The lowest BCUT2D eigenvalue weighted by molar-refractivity contribution is -0.274. The summed E-state index contributed by atoms with van der Waals surface area (Å²) in [4.78, 5) is 12.8. The van der Waals surface area contributed by atoms with E-state index >= 15 is 0 Å². The Kier molecular flexibility index (Phi) is 6.37. The van der Waals surface area contributed by atoms with E-state index in [9.17, 15) is 21.6 Å². The first-order chi connectivity index (χ1) is 19.2. The highest BCUT2D eigenvalue weighted by Gasteiger charge is 2.35. The summed E-state index contributed by atoms with van der Waals surface area (Å²) in [5.74, 6) is 0.395. The maximum atomic E-state index is 14.2. The fraction of sp³-hybridized carbons (Fsp3) is 0.185. The summed E-state index contributed by atoms with van der Waals surface area (Å²) in [5, 5.41) is 8.26. The van der Waals surface area contributed by atoms with Crippen LogP contribution < -0.4 is 9.04 Å². The molecule has 1 saturated carbocycles. The summed E-state index contributed by atoms with van der Waals surface area (Å²) in [5.41, 5.74) is 1.68. The Morgan fingerprint density at radius 1 is 0.950 bits per heavy atom. The Labute approximate surface area is 226 Å². The number of nitrogens with zero attached hydrogens (tertiary/aromatic N) is 5. The quantitative estimate of drug-likeness (QED) is 0.261. The molecule has 2 aromatic carbocycles. The summed E-state index contributed by atoms with van der Waals surface area (Å²) in [6.45, 7) is -0.177. The van der Waals surface area contributed by atoms with Gasteiger partial charge in [-0.05, 0) is 54.0 Å². The van der Waals surface area contributed by atoms with E-state index in [0.717, 1.165) is 41.3 Å². The van der Waals surface area contributed by atoms with Gasteiger partial charge in [0.05, 0.1) is 6.54 Å². The van der Waals surface area contributed by atoms with Gasteiger partial charge in [-0.15, -0.1) is 13.2 Å². The number of pyridine rings is 2. The van der Waals surface area contributed by atoms with E-state index in [0.29, 0.717) is 17.1 Å². The summed E-state index contributed by atoms with van der Waals surface area (Å²) >= 11 is 0. The van der Waals surface area contributed by atoms with Gasteiger partial charge in [0, 0.05) is 23.3 Å². The molecule has 0 atom stereocenters. The van der Waals surface area contributed by atoms with E-state index in [1.807, 2.05) is 24.3 Å². The molecule has 0 aliphatic heterocycles. The standard InChI is InChI=1S/C27H21F3N6O3S/c28-27(29,30)39-20-9-5-17(6-10-20)15-36(26-24(18-7-8-18)22-4-2-1-3-19(22)13-32-26)40(37,38)21-11-12-23(31-14-21)25-33-16-34-35-25/h1-6,9-14,16,18H,7-8,15H2,(H,33,34,35). The molecule has 1 fully saturated rings. The third-order valence-electron chi connectivity index (χ3n) is 6.50. The second-order valence-electron chi connectivity index (χ2n) is 9.27. The highest BCUT2D eigenvalue weighted by Crippen LogP contribution is 2.48. The van der Waals surface area contributed by atoms with Gasteiger partial charge in [-0.3, -0.25) is 10.1 Å². The van der Waals surface area contributed by atoms with Crippen molar-refractivity contribution in [2.75, 3.05) is 4.31 Å². The van der Waals surface area contributed by atoms with Gasteiger partial charge in [0.25, 0.3) is 10.0 Å². The molecule has 3 heterocycles. The largest absolute Gasteiger partial charge is 0.573 e. The molecular weight excluding hydrogens is 545 g/mol. The van der Waals surface area contributed by atoms with E-state index in [-0.39, 0.29) is 23.2 Å². The molecule has 0 spiro atoms. The van der Waals surface area contributed by atoms with E-state index in [1.165, 1.54) is 41.1 Å². The number of fused-ring (bicyclic) bond motifs is 1. The Morgan fingerprint density at radius 3 is 2.38 bits per heavy atom. The number of hydrogen-bond donors (Lipinski definition) is 1. The minimum Gasteiger partial charge on any atom is -0.406 e. The van der Waals surface area contributed by atoms with E-state index in [2.05, 4.69) is 29.9 Å². The van der Waals surface area contributed by atoms with Crippen molar-refractivity contribution in [2.24, 2.45) is 0 Å². The average Bonchev–Trinajstić information content (AvgIpc) is 3.63. The maximum absolute atomic E-state index is 14.2. The smallest absolute Gasteiger partial charge is 0.406 e. The lowest BCUT2D eigenvalue weighted by atomic mass is 10.0. The van der Waals surface area contributed by atoms with Gasteiger partial charge >= 0.3 is 6.36 Å². The molecule has 0 amide bonds. The van der Waals surface area contributed by atoms with Crippen molar-refractivity contribution in [3.8, 4) is 17.3 Å². The van der Waals surface area contributed by atoms with Gasteiger partial charge in [-0.2, -0.15) is 5.10 Å².